The summed E-state index contributed by atoms with van der Waals surface area (Å²) >= 11 is 0. The van der Waals surface area contributed by atoms with Gasteiger partial charge in [-0.25, -0.2) is 4.68 Å². The van der Waals surface area contributed by atoms with Crippen LogP contribution in [0.15, 0.2) is 24.3 Å². The van der Waals surface area contributed by atoms with E-state index in [1.807, 2.05) is 47.9 Å². The highest BCUT2D eigenvalue weighted by atomic mass is 16.5. The Bertz CT molecular complexity index is 563. The first-order valence-electron chi connectivity index (χ1n) is 7.01. The van der Waals surface area contributed by atoms with Crippen molar-refractivity contribution in [2.75, 3.05) is 25.6 Å². The fraction of sp³-hybridized carbons (Fsp3) is 0.467. The summed E-state index contributed by atoms with van der Waals surface area (Å²) in [7, 11) is 3.95. The molecule has 2 rings (SSSR count). The molecule has 20 heavy (non-hydrogen) atoms. The number of ether oxygens (including phenoxy) is 1. The number of hydrogen-bond donors (Lipinski definition) is 0. The Labute approximate surface area is 120 Å². The molecule has 0 fully saturated rings. The van der Waals surface area contributed by atoms with Crippen LogP contribution in [-0.4, -0.2) is 35.5 Å². The van der Waals surface area contributed by atoms with Crippen molar-refractivity contribution in [1.82, 2.24) is 14.8 Å². The Morgan fingerprint density at radius 3 is 2.65 bits per heavy atom. The zero-order valence-corrected chi connectivity index (χ0v) is 12.6. The second-order valence-electron chi connectivity index (χ2n) is 4.82. The van der Waals surface area contributed by atoms with Crippen molar-refractivity contribution in [3.8, 4) is 17.1 Å². The topological polar surface area (TPSA) is 43.2 Å². The van der Waals surface area contributed by atoms with Crippen LogP contribution < -0.4 is 9.64 Å². The first kappa shape index (κ1) is 14.4. The van der Waals surface area contributed by atoms with Gasteiger partial charge in [-0.1, -0.05) is 19.1 Å². The lowest BCUT2D eigenvalue weighted by molar-refractivity contribution is 0.317. The van der Waals surface area contributed by atoms with Gasteiger partial charge in [0.2, 0.25) is 5.95 Å². The molecule has 108 valence electrons. The van der Waals surface area contributed by atoms with Crippen LogP contribution in [0.2, 0.25) is 0 Å². The van der Waals surface area contributed by atoms with Gasteiger partial charge < -0.3 is 9.64 Å². The van der Waals surface area contributed by atoms with Crippen molar-refractivity contribution in [2.24, 2.45) is 0 Å². The average molecular weight is 274 g/mol. The molecule has 0 amide bonds. The summed E-state index contributed by atoms with van der Waals surface area (Å²) in [6, 6.07) is 7.93. The van der Waals surface area contributed by atoms with Gasteiger partial charge in [-0.3, -0.25) is 0 Å². The summed E-state index contributed by atoms with van der Waals surface area (Å²) in [5.41, 5.74) is 0.980. The van der Waals surface area contributed by atoms with Gasteiger partial charge in [-0.2, -0.15) is 4.98 Å². The minimum absolute atomic E-state index is 0.725. The van der Waals surface area contributed by atoms with Crippen LogP contribution in [0.3, 0.4) is 0 Å². The molecule has 1 aromatic carbocycles. The predicted octanol–water partition coefficient (Wildman–Crippen LogP) is 2.82. The predicted molar refractivity (Wildman–Crippen MR) is 81.2 cm³/mol. The monoisotopic (exact) mass is 274 g/mol. The van der Waals surface area contributed by atoms with Crippen molar-refractivity contribution in [3.63, 3.8) is 0 Å². The van der Waals surface area contributed by atoms with Crippen molar-refractivity contribution < 1.29 is 4.74 Å². The van der Waals surface area contributed by atoms with Gasteiger partial charge >= 0.3 is 0 Å². The molecular formula is C15H22N4O. The summed E-state index contributed by atoms with van der Waals surface area (Å²) in [6.45, 7) is 5.68. The molecule has 0 bridgehead atoms. The van der Waals surface area contributed by atoms with Gasteiger partial charge in [0.25, 0.3) is 0 Å². The van der Waals surface area contributed by atoms with Crippen LogP contribution in [0.5, 0.6) is 5.75 Å². The Morgan fingerprint density at radius 1 is 1.25 bits per heavy atom. The largest absolute Gasteiger partial charge is 0.494 e. The fourth-order valence-electron chi connectivity index (χ4n) is 1.94. The fourth-order valence-corrected chi connectivity index (χ4v) is 1.94. The van der Waals surface area contributed by atoms with E-state index in [9.17, 15) is 0 Å². The second kappa shape index (κ2) is 6.41. The van der Waals surface area contributed by atoms with E-state index in [1.54, 1.807) is 0 Å². The molecular weight excluding hydrogens is 252 g/mol. The van der Waals surface area contributed by atoms with Gasteiger partial charge in [0, 0.05) is 26.2 Å². The maximum Gasteiger partial charge on any atom is 0.223 e. The zero-order valence-electron chi connectivity index (χ0n) is 12.6. The molecule has 0 saturated carbocycles. The van der Waals surface area contributed by atoms with E-state index in [2.05, 4.69) is 23.9 Å². The van der Waals surface area contributed by atoms with Crippen molar-refractivity contribution in [3.05, 3.63) is 24.3 Å². The maximum absolute atomic E-state index is 5.66. The van der Waals surface area contributed by atoms with Crippen LogP contribution in [0.4, 0.5) is 5.95 Å². The molecule has 5 nitrogen and oxygen atoms in total. The lowest BCUT2D eigenvalue weighted by Gasteiger charge is -2.10. The standard InChI is InChI=1S/C15H22N4O/c1-5-10-20-13-9-7-8-12(11-13)14-16-15(18(3)4)19(6-2)17-14/h7-9,11H,5-6,10H2,1-4H3. The molecule has 0 saturated heterocycles. The van der Waals surface area contributed by atoms with E-state index in [4.69, 9.17) is 4.74 Å². The number of aryl methyl sites for hydroxylation is 1. The highest BCUT2D eigenvalue weighted by Crippen LogP contribution is 2.23. The second-order valence-corrected chi connectivity index (χ2v) is 4.82. The molecule has 1 heterocycles. The molecule has 0 unspecified atom stereocenters. The zero-order chi connectivity index (χ0) is 14.5. The molecule has 0 aliphatic heterocycles. The highest BCUT2D eigenvalue weighted by molar-refractivity contribution is 5.58. The Kier molecular flexibility index (Phi) is 4.61. The smallest absolute Gasteiger partial charge is 0.223 e. The molecule has 0 spiro atoms. The summed E-state index contributed by atoms with van der Waals surface area (Å²) < 4.78 is 7.55. The van der Waals surface area contributed by atoms with E-state index in [0.717, 1.165) is 42.7 Å². The van der Waals surface area contributed by atoms with Crippen molar-refractivity contribution in [1.29, 1.82) is 0 Å². The number of rotatable bonds is 6. The SMILES string of the molecule is CCCOc1cccc(-c2nc(N(C)C)n(CC)n2)c1. The third kappa shape index (κ3) is 3.10. The lowest BCUT2D eigenvalue weighted by Crippen LogP contribution is -2.15. The Morgan fingerprint density at radius 2 is 2.05 bits per heavy atom. The van der Waals surface area contributed by atoms with Gasteiger partial charge in [-0.05, 0) is 25.5 Å². The summed E-state index contributed by atoms with van der Waals surface area (Å²) in [4.78, 5) is 6.56. The van der Waals surface area contributed by atoms with E-state index in [-0.39, 0.29) is 0 Å². The number of benzene rings is 1. The van der Waals surface area contributed by atoms with Crippen molar-refractivity contribution >= 4 is 5.95 Å². The first-order chi connectivity index (χ1) is 9.65. The minimum Gasteiger partial charge on any atom is -0.494 e. The molecule has 0 radical (unpaired) electrons. The van der Waals surface area contributed by atoms with Crippen LogP contribution in [0, 0.1) is 0 Å². The lowest BCUT2D eigenvalue weighted by atomic mass is 10.2. The number of hydrogen-bond acceptors (Lipinski definition) is 4. The molecule has 5 heteroatoms. The molecule has 1 aromatic heterocycles. The minimum atomic E-state index is 0.725. The van der Waals surface area contributed by atoms with Crippen LogP contribution in [0.25, 0.3) is 11.4 Å². The third-order valence-corrected chi connectivity index (χ3v) is 2.92. The maximum atomic E-state index is 5.66. The molecule has 0 aliphatic rings. The summed E-state index contributed by atoms with van der Waals surface area (Å²) in [5, 5.41) is 4.55. The molecule has 0 atom stereocenters. The van der Waals surface area contributed by atoms with E-state index < -0.39 is 0 Å². The summed E-state index contributed by atoms with van der Waals surface area (Å²) in [6.07, 6.45) is 0.998. The quantitative estimate of drug-likeness (QED) is 0.812. The van der Waals surface area contributed by atoms with E-state index in [0.29, 0.717) is 0 Å². The van der Waals surface area contributed by atoms with Gasteiger partial charge in [-0.15, -0.1) is 5.10 Å². The highest BCUT2D eigenvalue weighted by Gasteiger charge is 2.12. The third-order valence-electron chi connectivity index (χ3n) is 2.92. The van der Waals surface area contributed by atoms with Gasteiger partial charge in [0.1, 0.15) is 5.75 Å². The Hall–Kier alpha value is -2.04. The van der Waals surface area contributed by atoms with Gasteiger partial charge in [0.15, 0.2) is 5.82 Å². The van der Waals surface area contributed by atoms with Crippen LogP contribution in [0.1, 0.15) is 20.3 Å². The molecule has 0 N–H and O–H groups in total. The Balaban J connectivity index is 2.31. The number of aromatic nitrogens is 3. The number of anilines is 1. The van der Waals surface area contributed by atoms with Gasteiger partial charge in [0.05, 0.1) is 6.61 Å². The van der Waals surface area contributed by atoms with E-state index in [1.165, 1.54) is 0 Å². The van der Waals surface area contributed by atoms with Crippen molar-refractivity contribution in [2.45, 2.75) is 26.8 Å². The normalized spacial score (nSPS) is 10.6. The first-order valence-corrected chi connectivity index (χ1v) is 7.01. The number of nitrogens with zero attached hydrogens (tertiary/aromatic N) is 4. The average Bonchev–Trinajstić information content (AvgIpc) is 2.90. The van der Waals surface area contributed by atoms with Crippen LogP contribution in [-0.2, 0) is 6.54 Å². The molecule has 2 aromatic rings. The molecule has 0 aliphatic carbocycles. The van der Waals surface area contributed by atoms with E-state index >= 15 is 0 Å². The summed E-state index contributed by atoms with van der Waals surface area (Å²) in [5.74, 6) is 2.46. The van der Waals surface area contributed by atoms with Crippen LogP contribution >= 0.6 is 0 Å².